The van der Waals surface area contributed by atoms with Gasteiger partial charge in [0, 0.05) is 44.1 Å². The van der Waals surface area contributed by atoms with Crippen molar-refractivity contribution in [3.8, 4) is 0 Å². The molecule has 2 aliphatic rings. The molecule has 0 bridgehead atoms. The summed E-state index contributed by atoms with van der Waals surface area (Å²) < 4.78 is 1.25. The maximum atomic E-state index is 3.55. The first kappa shape index (κ1) is 14.1. The van der Waals surface area contributed by atoms with Gasteiger partial charge in [0.05, 0.1) is 3.79 Å². The molecule has 1 aromatic rings. The maximum absolute atomic E-state index is 3.55. The van der Waals surface area contributed by atoms with E-state index in [9.17, 15) is 0 Å². The fourth-order valence-corrected chi connectivity index (χ4v) is 4.87. The lowest BCUT2D eigenvalue weighted by Crippen LogP contribution is -2.47. The summed E-state index contributed by atoms with van der Waals surface area (Å²) in [5.41, 5.74) is 0. The number of hydrogen-bond acceptors (Lipinski definition) is 3. The fourth-order valence-electron chi connectivity index (χ4n) is 3.35. The second kappa shape index (κ2) is 6.70. The van der Waals surface area contributed by atoms with Gasteiger partial charge in [-0.25, -0.2) is 0 Å². The molecule has 0 aromatic carbocycles. The van der Waals surface area contributed by atoms with E-state index in [1.807, 2.05) is 11.3 Å². The highest BCUT2D eigenvalue weighted by Gasteiger charge is 2.22. The average Bonchev–Trinajstić information content (AvgIpc) is 3.04. The monoisotopic (exact) mass is 342 g/mol. The smallest absolute Gasteiger partial charge is 0.0701 e. The van der Waals surface area contributed by atoms with Crippen molar-refractivity contribution in [3.63, 3.8) is 0 Å². The molecule has 0 N–H and O–H groups in total. The number of thiophene rings is 1. The van der Waals surface area contributed by atoms with Crippen molar-refractivity contribution < 1.29 is 0 Å². The number of nitrogens with zero attached hydrogens (tertiary/aromatic N) is 2. The van der Waals surface area contributed by atoms with Crippen LogP contribution in [0.5, 0.6) is 0 Å². The third kappa shape index (κ3) is 4.03. The molecule has 19 heavy (non-hydrogen) atoms. The molecule has 0 spiro atoms. The highest BCUT2D eigenvalue weighted by Crippen LogP contribution is 2.26. The predicted octanol–water partition coefficient (Wildman–Crippen LogP) is 3.82. The fraction of sp³-hybridized carbons (Fsp3) is 0.733. The van der Waals surface area contributed by atoms with Gasteiger partial charge in [-0.3, -0.25) is 4.90 Å². The van der Waals surface area contributed by atoms with Crippen LogP contribution in [-0.4, -0.2) is 42.5 Å². The third-order valence-electron chi connectivity index (χ3n) is 4.46. The van der Waals surface area contributed by atoms with Crippen LogP contribution in [0.2, 0.25) is 0 Å². The Balaban J connectivity index is 1.41. The first-order valence-electron chi connectivity index (χ1n) is 7.48. The van der Waals surface area contributed by atoms with Crippen molar-refractivity contribution in [2.24, 2.45) is 5.92 Å². The third-order valence-corrected chi connectivity index (χ3v) is 6.07. The van der Waals surface area contributed by atoms with Crippen molar-refractivity contribution in [2.75, 3.05) is 32.7 Å². The number of halogens is 1. The first-order valence-corrected chi connectivity index (χ1v) is 9.09. The lowest BCUT2D eigenvalue weighted by molar-refractivity contribution is 0.114. The SMILES string of the molecule is Brc1ccc(CN2CCN(CC3CCCC3)CC2)s1. The molecular formula is C15H23BrN2S. The molecule has 1 aliphatic heterocycles. The minimum atomic E-state index is 1.000. The molecule has 4 heteroatoms. The molecule has 1 aromatic heterocycles. The summed E-state index contributed by atoms with van der Waals surface area (Å²) in [4.78, 5) is 6.77. The van der Waals surface area contributed by atoms with Crippen LogP contribution in [0.25, 0.3) is 0 Å². The second-order valence-corrected chi connectivity index (χ2v) is 8.48. The lowest BCUT2D eigenvalue weighted by atomic mass is 10.1. The minimum absolute atomic E-state index is 1.000. The van der Waals surface area contributed by atoms with Crippen molar-refractivity contribution in [1.29, 1.82) is 0 Å². The van der Waals surface area contributed by atoms with E-state index in [0.717, 1.165) is 12.5 Å². The van der Waals surface area contributed by atoms with E-state index in [1.54, 1.807) is 0 Å². The average molecular weight is 343 g/mol. The molecule has 1 saturated carbocycles. The van der Waals surface area contributed by atoms with Gasteiger partial charge in [0.2, 0.25) is 0 Å². The molecule has 2 fully saturated rings. The van der Waals surface area contributed by atoms with Crippen LogP contribution in [-0.2, 0) is 6.54 Å². The summed E-state index contributed by atoms with van der Waals surface area (Å²) in [7, 11) is 0. The van der Waals surface area contributed by atoms with Gasteiger partial charge in [-0.2, -0.15) is 0 Å². The van der Waals surface area contributed by atoms with Gasteiger partial charge < -0.3 is 4.90 Å². The zero-order chi connectivity index (χ0) is 13.1. The molecule has 2 heterocycles. The molecule has 0 amide bonds. The Morgan fingerprint density at radius 3 is 2.37 bits per heavy atom. The van der Waals surface area contributed by atoms with Crippen LogP contribution in [0, 0.1) is 5.92 Å². The molecule has 106 valence electrons. The van der Waals surface area contributed by atoms with Crippen LogP contribution in [0.4, 0.5) is 0 Å². The lowest BCUT2D eigenvalue weighted by Gasteiger charge is -2.35. The summed E-state index contributed by atoms with van der Waals surface area (Å²) in [5, 5.41) is 0. The molecule has 0 unspecified atom stereocenters. The number of hydrogen-bond donors (Lipinski definition) is 0. The van der Waals surface area contributed by atoms with Crippen molar-refractivity contribution in [3.05, 3.63) is 20.8 Å². The summed E-state index contributed by atoms with van der Waals surface area (Å²) in [6.45, 7) is 7.50. The Morgan fingerprint density at radius 2 is 1.74 bits per heavy atom. The van der Waals surface area contributed by atoms with Gasteiger partial charge in [-0.15, -0.1) is 11.3 Å². The molecule has 2 nitrogen and oxygen atoms in total. The van der Waals surface area contributed by atoms with Crippen molar-refractivity contribution >= 4 is 27.3 Å². The molecule has 0 radical (unpaired) electrons. The normalized spacial score (nSPS) is 23.2. The van der Waals surface area contributed by atoms with Gasteiger partial charge >= 0.3 is 0 Å². The van der Waals surface area contributed by atoms with E-state index in [-0.39, 0.29) is 0 Å². The summed E-state index contributed by atoms with van der Waals surface area (Å²) in [5.74, 6) is 1.000. The Bertz CT molecular complexity index is 393. The molecular weight excluding hydrogens is 320 g/mol. The van der Waals surface area contributed by atoms with Gasteiger partial charge in [0.1, 0.15) is 0 Å². The quantitative estimate of drug-likeness (QED) is 0.820. The van der Waals surface area contributed by atoms with Gasteiger partial charge in [0.25, 0.3) is 0 Å². The molecule has 1 saturated heterocycles. The summed E-state index contributed by atoms with van der Waals surface area (Å²) in [6.07, 6.45) is 5.89. The van der Waals surface area contributed by atoms with Crippen molar-refractivity contribution in [1.82, 2.24) is 9.80 Å². The van der Waals surface area contributed by atoms with E-state index in [0.29, 0.717) is 0 Å². The van der Waals surface area contributed by atoms with E-state index < -0.39 is 0 Å². The van der Waals surface area contributed by atoms with E-state index in [1.165, 1.54) is 67.1 Å². The van der Waals surface area contributed by atoms with Crippen LogP contribution < -0.4 is 0 Å². The Labute approximate surface area is 128 Å². The largest absolute Gasteiger partial charge is 0.301 e. The van der Waals surface area contributed by atoms with Gasteiger partial charge in [-0.05, 0) is 46.8 Å². The van der Waals surface area contributed by atoms with Crippen LogP contribution >= 0.6 is 27.3 Å². The summed E-state index contributed by atoms with van der Waals surface area (Å²) in [6, 6.07) is 4.41. The summed E-state index contributed by atoms with van der Waals surface area (Å²) >= 11 is 5.42. The first-order chi connectivity index (χ1) is 9.29. The van der Waals surface area contributed by atoms with Crippen molar-refractivity contribution in [2.45, 2.75) is 32.2 Å². The van der Waals surface area contributed by atoms with Crippen LogP contribution in [0.1, 0.15) is 30.6 Å². The van der Waals surface area contributed by atoms with Crippen LogP contribution in [0.15, 0.2) is 15.9 Å². The van der Waals surface area contributed by atoms with Crippen LogP contribution in [0.3, 0.4) is 0 Å². The molecule has 1 aliphatic carbocycles. The highest BCUT2D eigenvalue weighted by molar-refractivity contribution is 9.11. The van der Waals surface area contributed by atoms with Gasteiger partial charge in [0.15, 0.2) is 0 Å². The Kier molecular flexibility index (Phi) is 4.96. The topological polar surface area (TPSA) is 6.48 Å². The Morgan fingerprint density at radius 1 is 1.05 bits per heavy atom. The standard InChI is InChI=1S/C15H23BrN2S/c16-15-6-5-14(19-15)12-18-9-7-17(8-10-18)11-13-3-1-2-4-13/h5-6,13H,1-4,7-12H2. The van der Waals surface area contributed by atoms with E-state index in [4.69, 9.17) is 0 Å². The zero-order valence-electron chi connectivity index (χ0n) is 11.5. The Hall–Kier alpha value is 0.1000. The maximum Gasteiger partial charge on any atom is 0.0701 e. The zero-order valence-corrected chi connectivity index (χ0v) is 13.9. The van der Waals surface area contributed by atoms with Gasteiger partial charge in [-0.1, -0.05) is 12.8 Å². The minimum Gasteiger partial charge on any atom is -0.301 e. The number of piperazine rings is 1. The van der Waals surface area contributed by atoms with E-state index >= 15 is 0 Å². The second-order valence-electron chi connectivity index (χ2n) is 5.93. The molecule has 0 atom stereocenters. The predicted molar refractivity (Wildman–Crippen MR) is 85.7 cm³/mol. The number of rotatable bonds is 4. The van der Waals surface area contributed by atoms with E-state index in [2.05, 4.69) is 37.9 Å². The highest BCUT2D eigenvalue weighted by atomic mass is 79.9. The molecule has 3 rings (SSSR count).